The lowest BCUT2D eigenvalue weighted by Crippen LogP contribution is -2.39. The minimum Gasteiger partial charge on any atom is -0.329 e. The quantitative estimate of drug-likeness (QED) is 0.838. The molecule has 0 heterocycles. The summed E-state index contributed by atoms with van der Waals surface area (Å²) < 4.78 is 0. The van der Waals surface area contributed by atoms with Gasteiger partial charge < -0.3 is 5.73 Å². The molecule has 0 aliphatic heterocycles. The first kappa shape index (κ1) is 14.7. The molecule has 1 aromatic carbocycles. The second-order valence-electron chi connectivity index (χ2n) is 4.85. The van der Waals surface area contributed by atoms with Crippen LogP contribution in [0.15, 0.2) is 24.3 Å². The van der Waals surface area contributed by atoms with Crippen LogP contribution in [0.3, 0.4) is 0 Å². The van der Waals surface area contributed by atoms with E-state index in [4.69, 9.17) is 11.0 Å². The summed E-state index contributed by atoms with van der Waals surface area (Å²) in [5.74, 6) is 0. The minimum atomic E-state index is 0.194. The Morgan fingerprint density at radius 1 is 1.33 bits per heavy atom. The fourth-order valence-electron chi connectivity index (χ4n) is 2.35. The molecule has 0 saturated heterocycles. The number of nitrogens with zero attached hydrogens (tertiary/aromatic N) is 2. The summed E-state index contributed by atoms with van der Waals surface area (Å²) in [4.78, 5) is 2.31. The maximum absolute atomic E-state index is 8.77. The zero-order valence-corrected chi connectivity index (χ0v) is 11.6. The zero-order valence-electron chi connectivity index (χ0n) is 11.6. The van der Waals surface area contributed by atoms with Crippen molar-refractivity contribution in [3.05, 3.63) is 35.4 Å². The van der Waals surface area contributed by atoms with Crippen LogP contribution in [0.4, 0.5) is 0 Å². The first-order valence-corrected chi connectivity index (χ1v) is 6.50. The molecule has 3 nitrogen and oxygen atoms in total. The molecule has 0 amide bonds. The van der Waals surface area contributed by atoms with Crippen molar-refractivity contribution in [1.29, 1.82) is 5.26 Å². The molecule has 1 aromatic rings. The first-order valence-electron chi connectivity index (χ1n) is 6.50. The van der Waals surface area contributed by atoms with E-state index in [1.807, 2.05) is 12.1 Å². The van der Waals surface area contributed by atoms with Crippen molar-refractivity contribution in [2.45, 2.75) is 39.3 Å². The van der Waals surface area contributed by atoms with Crippen molar-refractivity contribution in [2.24, 2.45) is 5.73 Å². The van der Waals surface area contributed by atoms with Gasteiger partial charge in [-0.1, -0.05) is 24.3 Å². The molecule has 98 valence electrons. The number of benzene rings is 1. The Balaban J connectivity index is 2.99. The molecule has 1 atom stereocenters. The van der Waals surface area contributed by atoms with Crippen LogP contribution >= 0.6 is 0 Å². The van der Waals surface area contributed by atoms with Gasteiger partial charge in [0.15, 0.2) is 0 Å². The summed E-state index contributed by atoms with van der Waals surface area (Å²) in [7, 11) is 0. The Kier molecular flexibility index (Phi) is 5.84. The highest BCUT2D eigenvalue weighted by Gasteiger charge is 2.22. The van der Waals surface area contributed by atoms with Gasteiger partial charge in [-0.05, 0) is 31.9 Å². The second-order valence-corrected chi connectivity index (χ2v) is 4.85. The SMILES string of the molecule is Cc1ccccc1C(CN)N(CCC#N)C(C)C. The lowest BCUT2D eigenvalue weighted by Gasteiger charge is -2.34. The van der Waals surface area contributed by atoms with Crippen LogP contribution in [0.5, 0.6) is 0 Å². The van der Waals surface area contributed by atoms with Crippen LogP contribution < -0.4 is 5.73 Å². The minimum absolute atomic E-state index is 0.194. The molecule has 0 aliphatic carbocycles. The summed E-state index contributed by atoms with van der Waals surface area (Å²) in [5, 5.41) is 8.77. The Hall–Kier alpha value is -1.37. The van der Waals surface area contributed by atoms with Crippen LogP contribution in [-0.4, -0.2) is 24.0 Å². The van der Waals surface area contributed by atoms with Gasteiger partial charge in [-0.2, -0.15) is 5.26 Å². The van der Waals surface area contributed by atoms with E-state index in [1.165, 1.54) is 11.1 Å². The van der Waals surface area contributed by atoms with Crippen molar-refractivity contribution in [3.63, 3.8) is 0 Å². The van der Waals surface area contributed by atoms with E-state index < -0.39 is 0 Å². The molecular formula is C15H23N3. The summed E-state index contributed by atoms with van der Waals surface area (Å²) in [6.07, 6.45) is 0.542. The zero-order chi connectivity index (χ0) is 13.5. The van der Waals surface area contributed by atoms with Crippen LogP contribution in [0.25, 0.3) is 0 Å². The Bertz CT molecular complexity index is 406. The highest BCUT2D eigenvalue weighted by molar-refractivity contribution is 5.29. The summed E-state index contributed by atoms with van der Waals surface area (Å²) in [6, 6.07) is 11.1. The van der Waals surface area contributed by atoms with Gasteiger partial charge >= 0.3 is 0 Å². The lowest BCUT2D eigenvalue weighted by atomic mass is 9.98. The average molecular weight is 245 g/mol. The molecule has 0 aliphatic rings. The van der Waals surface area contributed by atoms with Crippen LogP contribution in [0.1, 0.15) is 37.4 Å². The molecule has 0 radical (unpaired) electrons. The average Bonchev–Trinajstić information content (AvgIpc) is 2.35. The summed E-state index contributed by atoms with van der Waals surface area (Å²) in [6.45, 7) is 7.76. The van der Waals surface area contributed by atoms with E-state index in [1.54, 1.807) is 0 Å². The van der Waals surface area contributed by atoms with E-state index in [0.29, 0.717) is 19.0 Å². The molecule has 3 heteroatoms. The number of rotatable bonds is 6. The highest BCUT2D eigenvalue weighted by atomic mass is 15.2. The van der Waals surface area contributed by atoms with E-state index in [0.717, 1.165) is 6.54 Å². The second kappa shape index (κ2) is 7.15. The fraction of sp³-hybridized carbons (Fsp3) is 0.533. The number of aryl methyl sites for hydroxylation is 1. The maximum Gasteiger partial charge on any atom is 0.0635 e. The van der Waals surface area contributed by atoms with E-state index >= 15 is 0 Å². The van der Waals surface area contributed by atoms with Crippen molar-refractivity contribution in [3.8, 4) is 6.07 Å². The van der Waals surface area contributed by atoms with Crippen LogP contribution in [-0.2, 0) is 0 Å². The third-order valence-corrected chi connectivity index (χ3v) is 3.32. The van der Waals surface area contributed by atoms with Gasteiger partial charge in [-0.3, -0.25) is 4.90 Å². The van der Waals surface area contributed by atoms with Crippen molar-refractivity contribution >= 4 is 0 Å². The van der Waals surface area contributed by atoms with E-state index in [2.05, 4.69) is 43.9 Å². The number of hydrogen-bond donors (Lipinski definition) is 1. The Morgan fingerprint density at radius 2 is 2.00 bits per heavy atom. The molecule has 0 fully saturated rings. The maximum atomic E-state index is 8.77. The predicted molar refractivity (Wildman–Crippen MR) is 75.0 cm³/mol. The normalized spacial score (nSPS) is 12.7. The van der Waals surface area contributed by atoms with Crippen LogP contribution in [0, 0.1) is 18.3 Å². The molecule has 0 bridgehead atoms. The Morgan fingerprint density at radius 3 is 2.50 bits per heavy atom. The molecule has 0 aromatic heterocycles. The van der Waals surface area contributed by atoms with Gasteiger partial charge in [0.1, 0.15) is 0 Å². The van der Waals surface area contributed by atoms with Crippen molar-refractivity contribution < 1.29 is 0 Å². The standard InChI is InChI=1S/C15H23N3/c1-12(2)18(10-6-9-16)15(11-17)14-8-5-4-7-13(14)3/h4-5,7-8,12,15H,6,10-11,17H2,1-3H3. The van der Waals surface area contributed by atoms with Gasteiger partial charge in [0.05, 0.1) is 6.07 Å². The molecule has 0 saturated carbocycles. The first-order chi connectivity index (χ1) is 8.61. The number of hydrogen-bond acceptors (Lipinski definition) is 3. The van der Waals surface area contributed by atoms with Crippen molar-refractivity contribution in [1.82, 2.24) is 4.90 Å². The summed E-state index contributed by atoms with van der Waals surface area (Å²) in [5.41, 5.74) is 8.49. The van der Waals surface area contributed by atoms with Gasteiger partial charge in [0.25, 0.3) is 0 Å². The third kappa shape index (κ3) is 3.56. The van der Waals surface area contributed by atoms with E-state index in [-0.39, 0.29) is 6.04 Å². The molecule has 0 spiro atoms. The Labute approximate surface area is 110 Å². The lowest BCUT2D eigenvalue weighted by molar-refractivity contribution is 0.160. The van der Waals surface area contributed by atoms with E-state index in [9.17, 15) is 0 Å². The smallest absolute Gasteiger partial charge is 0.0635 e. The van der Waals surface area contributed by atoms with Gasteiger partial charge in [-0.25, -0.2) is 0 Å². The highest BCUT2D eigenvalue weighted by Crippen LogP contribution is 2.24. The molecule has 2 N–H and O–H groups in total. The third-order valence-electron chi connectivity index (χ3n) is 3.32. The van der Waals surface area contributed by atoms with Gasteiger partial charge in [0, 0.05) is 31.6 Å². The molecule has 1 rings (SSSR count). The predicted octanol–water partition coefficient (Wildman–Crippen LogP) is 2.62. The summed E-state index contributed by atoms with van der Waals surface area (Å²) >= 11 is 0. The number of nitriles is 1. The van der Waals surface area contributed by atoms with Gasteiger partial charge in [0.2, 0.25) is 0 Å². The van der Waals surface area contributed by atoms with Crippen LogP contribution in [0.2, 0.25) is 0 Å². The molecule has 1 unspecified atom stereocenters. The molecular weight excluding hydrogens is 222 g/mol. The molecule has 18 heavy (non-hydrogen) atoms. The monoisotopic (exact) mass is 245 g/mol. The van der Waals surface area contributed by atoms with Crippen molar-refractivity contribution in [2.75, 3.05) is 13.1 Å². The largest absolute Gasteiger partial charge is 0.329 e. The topological polar surface area (TPSA) is 53.0 Å². The number of nitrogens with two attached hydrogens (primary N) is 1. The fourth-order valence-corrected chi connectivity index (χ4v) is 2.35. The van der Waals surface area contributed by atoms with Gasteiger partial charge in [-0.15, -0.1) is 0 Å².